The molecule has 2 N–H and O–H groups in total. The van der Waals surface area contributed by atoms with E-state index in [4.69, 9.17) is 4.74 Å². The van der Waals surface area contributed by atoms with Crippen molar-refractivity contribution in [3.63, 3.8) is 0 Å². The Hall–Kier alpha value is -1.10. The monoisotopic (exact) mass is 553 g/mol. The highest BCUT2D eigenvalue weighted by atomic mass is 127. The third-order valence-electron chi connectivity index (χ3n) is 4.97. The van der Waals surface area contributed by atoms with Crippen LogP contribution in [-0.2, 0) is 14.3 Å². The molecular formula is C22H44IN5O3. The molecule has 0 radical (unpaired) electrons. The van der Waals surface area contributed by atoms with Crippen LogP contribution in [0.4, 0.5) is 0 Å². The third-order valence-corrected chi connectivity index (χ3v) is 4.97. The van der Waals surface area contributed by atoms with Gasteiger partial charge in [0.1, 0.15) is 0 Å². The van der Waals surface area contributed by atoms with Crippen molar-refractivity contribution >= 4 is 41.8 Å². The molecule has 0 saturated carbocycles. The number of guanidine groups is 1. The van der Waals surface area contributed by atoms with E-state index >= 15 is 0 Å². The van der Waals surface area contributed by atoms with E-state index in [2.05, 4.69) is 29.5 Å². The number of hydrogen-bond donors (Lipinski definition) is 2. The van der Waals surface area contributed by atoms with E-state index in [1.165, 1.54) is 0 Å². The number of amides is 2. The first-order valence-corrected chi connectivity index (χ1v) is 11.6. The third kappa shape index (κ3) is 13.8. The predicted molar refractivity (Wildman–Crippen MR) is 137 cm³/mol. The molecule has 0 unspecified atom stereocenters. The predicted octanol–water partition coefficient (Wildman–Crippen LogP) is 2.47. The highest BCUT2D eigenvalue weighted by molar-refractivity contribution is 14.0. The number of unbranched alkanes of at least 4 members (excludes halogenated alkanes) is 2. The zero-order valence-electron chi connectivity index (χ0n) is 20.0. The van der Waals surface area contributed by atoms with E-state index in [0.717, 1.165) is 51.5 Å². The maximum atomic E-state index is 12.4. The molecule has 0 aromatic rings. The molecule has 1 aliphatic heterocycles. The average molecular weight is 554 g/mol. The van der Waals surface area contributed by atoms with Crippen LogP contribution in [-0.4, -0.2) is 86.6 Å². The molecule has 1 rings (SSSR count). The Kier molecular flexibility index (Phi) is 17.8. The van der Waals surface area contributed by atoms with Crippen LogP contribution in [0.25, 0.3) is 0 Å². The summed E-state index contributed by atoms with van der Waals surface area (Å²) in [5.41, 5.74) is 0. The Morgan fingerprint density at radius 2 is 1.61 bits per heavy atom. The van der Waals surface area contributed by atoms with Crippen LogP contribution >= 0.6 is 24.0 Å². The number of nitrogens with zero attached hydrogens (tertiary/aromatic N) is 3. The van der Waals surface area contributed by atoms with Gasteiger partial charge in [0.25, 0.3) is 0 Å². The number of carbonyl (C=O) groups is 2. The molecule has 1 fully saturated rings. The van der Waals surface area contributed by atoms with Crippen molar-refractivity contribution in [2.24, 2.45) is 10.9 Å². The molecule has 1 aliphatic rings. The molecule has 0 aromatic carbocycles. The van der Waals surface area contributed by atoms with Crippen molar-refractivity contribution in [2.45, 2.75) is 59.8 Å². The summed E-state index contributed by atoms with van der Waals surface area (Å²) in [5.74, 6) is 1.61. The van der Waals surface area contributed by atoms with Crippen LogP contribution in [0, 0.1) is 5.92 Å². The maximum absolute atomic E-state index is 12.4. The molecule has 8 nitrogen and oxygen atoms in total. The second-order valence-corrected chi connectivity index (χ2v) is 8.05. The number of aliphatic imine (C=N–C) groups is 1. The van der Waals surface area contributed by atoms with Gasteiger partial charge in [0.15, 0.2) is 5.96 Å². The molecular weight excluding hydrogens is 509 g/mol. The number of nitrogens with one attached hydrogen (secondary N) is 2. The second kappa shape index (κ2) is 18.5. The Morgan fingerprint density at radius 3 is 2.19 bits per heavy atom. The molecule has 0 bridgehead atoms. The van der Waals surface area contributed by atoms with Crippen LogP contribution < -0.4 is 10.6 Å². The first kappa shape index (κ1) is 29.9. The van der Waals surface area contributed by atoms with Crippen LogP contribution in [0.5, 0.6) is 0 Å². The lowest BCUT2D eigenvalue weighted by Crippen LogP contribution is -2.50. The maximum Gasteiger partial charge on any atom is 0.222 e. The van der Waals surface area contributed by atoms with Gasteiger partial charge >= 0.3 is 0 Å². The number of carbonyl (C=O) groups excluding carboxylic acids is 2. The van der Waals surface area contributed by atoms with E-state index in [1.54, 1.807) is 0 Å². The summed E-state index contributed by atoms with van der Waals surface area (Å²) >= 11 is 0. The number of rotatable bonds is 13. The number of piperazine rings is 1. The minimum Gasteiger partial charge on any atom is -0.380 e. The van der Waals surface area contributed by atoms with Crippen LogP contribution in [0.1, 0.15) is 59.8 Å². The van der Waals surface area contributed by atoms with Crippen LogP contribution in [0.3, 0.4) is 0 Å². The zero-order valence-corrected chi connectivity index (χ0v) is 22.3. The summed E-state index contributed by atoms with van der Waals surface area (Å²) in [6, 6.07) is 0. The van der Waals surface area contributed by atoms with Gasteiger partial charge in [0.2, 0.25) is 11.8 Å². The highest BCUT2D eigenvalue weighted by Crippen LogP contribution is 2.10. The molecule has 0 aliphatic carbocycles. The van der Waals surface area contributed by atoms with Gasteiger partial charge in [0, 0.05) is 65.3 Å². The summed E-state index contributed by atoms with van der Waals surface area (Å²) < 4.78 is 5.32. The lowest BCUT2D eigenvalue weighted by Gasteiger charge is -2.35. The Morgan fingerprint density at radius 1 is 0.968 bits per heavy atom. The fourth-order valence-corrected chi connectivity index (χ4v) is 3.33. The SMILES string of the molecule is CCNC(=NCCCCCC(=O)N1CCN(C(=O)CC(C)C)CC1)NCCOCC.I. The van der Waals surface area contributed by atoms with Crippen molar-refractivity contribution in [1.82, 2.24) is 20.4 Å². The van der Waals surface area contributed by atoms with E-state index in [-0.39, 0.29) is 35.8 Å². The molecule has 0 atom stereocenters. The van der Waals surface area contributed by atoms with Gasteiger partial charge in [-0.25, -0.2) is 0 Å². The van der Waals surface area contributed by atoms with Crippen molar-refractivity contribution in [2.75, 3.05) is 59.0 Å². The normalized spacial score (nSPS) is 14.4. The number of ether oxygens (including phenoxy) is 1. The molecule has 1 saturated heterocycles. The van der Waals surface area contributed by atoms with Gasteiger partial charge in [-0.15, -0.1) is 24.0 Å². The first-order valence-electron chi connectivity index (χ1n) is 11.6. The van der Waals surface area contributed by atoms with Gasteiger partial charge in [-0.2, -0.15) is 0 Å². The number of hydrogen-bond acceptors (Lipinski definition) is 4. The quantitative estimate of drug-likeness (QED) is 0.159. The van der Waals surface area contributed by atoms with Gasteiger partial charge < -0.3 is 25.2 Å². The number of halogens is 1. The molecule has 0 aromatic heterocycles. The van der Waals surface area contributed by atoms with Crippen molar-refractivity contribution < 1.29 is 14.3 Å². The lowest BCUT2D eigenvalue weighted by molar-refractivity contribution is -0.140. The van der Waals surface area contributed by atoms with Crippen molar-refractivity contribution in [1.29, 1.82) is 0 Å². The van der Waals surface area contributed by atoms with Gasteiger partial charge in [-0.1, -0.05) is 20.3 Å². The molecule has 182 valence electrons. The fourth-order valence-electron chi connectivity index (χ4n) is 3.33. The summed E-state index contributed by atoms with van der Waals surface area (Å²) in [6.07, 6.45) is 4.01. The average Bonchev–Trinajstić information content (AvgIpc) is 2.73. The zero-order chi connectivity index (χ0) is 22.2. The topological polar surface area (TPSA) is 86.3 Å². The van der Waals surface area contributed by atoms with Crippen LogP contribution in [0.15, 0.2) is 4.99 Å². The van der Waals surface area contributed by atoms with Gasteiger partial charge in [-0.3, -0.25) is 14.6 Å². The van der Waals surface area contributed by atoms with Crippen molar-refractivity contribution in [3.8, 4) is 0 Å². The Bertz CT molecular complexity index is 523. The Balaban J connectivity index is 0.00000900. The van der Waals surface area contributed by atoms with Gasteiger partial charge in [0.05, 0.1) is 6.61 Å². The van der Waals surface area contributed by atoms with E-state index in [1.807, 2.05) is 23.6 Å². The summed E-state index contributed by atoms with van der Waals surface area (Å²) in [4.78, 5) is 32.9. The van der Waals surface area contributed by atoms with Gasteiger partial charge in [-0.05, 0) is 32.6 Å². The van der Waals surface area contributed by atoms with Crippen molar-refractivity contribution in [3.05, 3.63) is 0 Å². The van der Waals surface area contributed by atoms with E-state index in [0.29, 0.717) is 51.5 Å². The minimum absolute atomic E-state index is 0. The standard InChI is InChI=1S/C22H43N5O3.HI/c1-5-23-22(25-12-17-30-6-2)24-11-9-7-8-10-20(28)26-13-15-27(16-14-26)21(29)18-19(3)4;/h19H,5-18H2,1-4H3,(H2,23,24,25);1H. The fraction of sp³-hybridized carbons (Fsp3) is 0.864. The molecule has 31 heavy (non-hydrogen) atoms. The largest absolute Gasteiger partial charge is 0.380 e. The molecule has 1 heterocycles. The smallest absolute Gasteiger partial charge is 0.222 e. The van der Waals surface area contributed by atoms with E-state index in [9.17, 15) is 9.59 Å². The summed E-state index contributed by atoms with van der Waals surface area (Å²) in [6.45, 7) is 14.5. The lowest BCUT2D eigenvalue weighted by atomic mass is 10.1. The molecule has 0 spiro atoms. The highest BCUT2D eigenvalue weighted by Gasteiger charge is 2.23. The summed E-state index contributed by atoms with van der Waals surface area (Å²) in [5, 5.41) is 6.48. The Labute approximate surface area is 205 Å². The second-order valence-electron chi connectivity index (χ2n) is 8.05. The molecule has 2 amide bonds. The van der Waals surface area contributed by atoms with Crippen LogP contribution in [0.2, 0.25) is 0 Å². The summed E-state index contributed by atoms with van der Waals surface area (Å²) in [7, 11) is 0. The molecule has 9 heteroatoms. The minimum atomic E-state index is 0. The van der Waals surface area contributed by atoms with E-state index < -0.39 is 0 Å². The first-order chi connectivity index (χ1) is 14.5.